The Labute approximate surface area is 141 Å². The number of aromatic amines is 1. The maximum Gasteiger partial charge on any atom is 0.291 e. The smallest absolute Gasteiger partial charge is 0.291 e. The first-order valence-electron chi connectivity index (χ1n) is 6.52. The number of carbonyl (C=O) groups excluding carboxylic acids is 1. The molecule has 1 amide bonds. The second-order valence-corrected chi connectivity index (χ2v) is 5.29. The second-order valence-electron chi connectivity index (χ2n) is 4.48. The van der Waals surface area contributed by atoms with Gasteiger partial charge in [0.2, 0.25) is 0 Å². The maximum atomic E-state index is 12.0. The van der Waals surface area contributed by atoms with Crippen LogP contribution in [0.1, 0.15) is 16.1 Å². The van der Waals surface area contributed by atoms with Gasteiger partial charge in [0.05, 0.1) is 22.5 Å². The molecule has 2 aromatic heterocycles. The van der Waals surface area contributed by atoms with E-state index in [1.54, 1.807) is 36.4 Å². The molecule has 3 rings (SSSR count). The predicted molar refractivity (Wildman–Crippen MR) is 87.8 cm³/mol. The number of rotatable bonds is 4. The number of benzene rings is 1. The van der Waals surface area contributed by atoms with E-state index in [0.717, 1.165) is 0 Å². The quantitative estimate of drug-likeness (QED) is 0.556. The van der Waals surface area contributed by atoms with Crippen molar-refractivity contribution in [2.75, 3.05) is 0 Å². The first-order valence-corrected chi connectivity index (χ1v) is 7.27. The Kier molecular flexibility index (Phi) is 4.45. The number of halogens is 2. The standard InChI is InChI=1S/C15H10Cl2N4O2/c16-10-3-1-4-11(17)9(10)8-18-21-15(22)13-7-12(19-20-13)14-5-2-6-23-14/h1-8H,(H,19,20)(H,21,22). The van der Waals surface area contributed by atoms with E-state index in [4.69, 9.17) is 27.6 Å². The molecule has 2 heterocycles. The molecular formula is C15H10Cl2N4O2. The molecule has 0 saturated heterocycles. The Morgan fingerprint density at radius 1 is 1.26 bits per heavy atom. The molecule has 0 radical (unpaired) electrons. The summed E-state index contributed by atoms with van der Waals surface area (Å²) in [5, 5.41) is 11.3. The highest BCUT2D eigenvalue weighted by atomic mass is 35.5. The van der Waals surface area contributed by atoms with Gasteiger partial charge in [-0.05, 0) is 24.3 Å². The topological polar surface area (TPSA) is 83.3 Å². The van der Waals surface area contributed by atoms with Crippen molar-refractivity contribution >= 4 is 35.3 Å². The van der Waals surface area contributed by atoms with Crippen LogP contribution in [0.3, 0.4) is 0 Å². The van der Waals surface area contributed by atoms with Gasteiger partial charge in [-0.2, -0.15) is 10.2 Å². The number of aromatic nitrogens is 2. The van der Waals surface area contributed by atoms with Crippen LogP contribution in [0.2, 0.25) is 10.0 Å². The molecule has 116 valence electrons. The average molecular weight is 349 g/mol. The minimum absolute atomic E-state index is 0.179. The number of furan rings is 1. The summed E-state index contributed by atoms with van der Waals surface area (Å²) in [4.78, 5) is 12.0. The second kappa shape index (κ2) is 6.68. The van der Waals surface area contributed by atoms with Crippen LogP contribution in [0.25, 0.3) is 11.5 Å². The molecule has 0 atom stereocenters. The third-order valence-corrected chi connectivity index (χ3v) is 3.62. The summed E-state index contributed by atoms with van der Waals surface area (Å²) in [6.45, 7) is 0. The lowest BCUT2D eigenvalue weighted by molar-refractivity contribution is 0.0950. The lowest BCUT2D eigenvalue weighted by atomic mass is 10.2. The Bertz CT molecular complexity index is 836. The first-order chi connectivity index (χ1) is 11.1. The van der Waals surface area contributed by atoms with Crippen molar-refractivity contribution in [3.05, 3.63) is 64.0 Å². The summed E-state index contributed by atoms with van der Waals surface area (Å²) >= 11 is 12.0. The average Bonchev–Trinajstić information content (AvgIpc) is 3.20. The molecule has 0 spiro atoms. The van der Waals surface area contributed by atoms with Crippen LogP contribution in [-0.4, -0.2) is 22.3 Å². The SMILES string of the molecule is O=C(NN=Cc1c(Cl)cccc1Cl)c1cc(-c2ccco2)[nH]n1. The molecule has 0 aliphatic carbocycles. The number of hydrazone groups is 1. The molecule has 0 unspecified atom stereocenters. The van der Waals surface area contributed by atoms with Crippen LogP contribution in [-0.2, 0) is 0 Å². The van der Waals surface area contributed by atoms with E-state index in [-0.39, 0.29) is 5.69 Å². The molecular weight excluding hydrogens is 339 g/mol. The maximum absolute atomic E-state index is 12.0. The van der Waals surface area contributed by atoms with Crippen molar-refractivity contribution < 1.29 is 9.21 Å². The summed E-state index contributed by atoms with van der Waals surface area (Å²) in [5.41, 5.74) is 3.66. The lowest BCUT2D eigenvalue weighted by Gasteiger charge is -2.00. The molecule has 8 heteroatoms. The van der Waals surface area contributed by atoms with E-state index in [2.05, 4.69) is 20.7 Å². The van der Waals surface area contributed by atoms with Gasteiger partial charge < -0.3 is 4.42 Å². The molecule has 1 aromatic carbocycles. The Morgan fingerprint density at radius 2 is 2.04 bits per heavy atom. The van der Waals surface area contributed by atoms with E-state index in [1.165, 1.54) is 12.5 Å². The molecule has 6 nitrogen and oxygen atoms in total. The number of hydrogen-bond donors (Lipinski definition) is 2. The Morgan fingerprint density at radius 3 is 2.74 bits per heavy atom. The van der Waals surface area contributed by atoms with Gasteiger partial charge in [0.25, 0.3) is 5.91 Å². The molecule has 23 heavy (non-hydrogen) atoms. The zero-order chi connectivity index (χ0) is 16.2. The summed E-state index contributed by atoms with van der Waals surface area (Å²) in [5.74, 6) is 0.112. The van der Waals surface area contributed by atoms with E-state index in [1.807, 2.05) is 0 Å². The van der Waals surface area contributed by atoms with Crippen molar-refractivity contribution in [3.8, 4) is 11.5 Å². The fourth-order valence-electron chi connectivity index (χ4n) is 1.84. The molecule has 2 N–H and O–H groups in total. The summed E-state index contributed by atoms with van der Waals surface area (Å²) < 4.78 is 5.22. The first kappa shape index (κ1) is 15.3. The molecule has 0 saturated carbocycles. The highest BCUT2D eigenvalue weighted by molar-refractivity contribution is 6.38. The van der Waals surface area contributed by atoms with Crippen molar-refractivity contribution in [2.45, 2.75) is 0 Å². The largest absolute Gasteiger partial charge is 0.463 e. The summed E-state index contributed by atoms with van der Waals surface area (Å²) in [7, 11) is 0. The van der Waals surface area contributed by atoms with Gasteiger partial charge in [0.1, 0.15) is 5.69 Å². The number of H-pyrrole nitrogens is 1. The Hall–Kier alpha value is -2.57. The van der Waals surface area contributed by atoms with Crippen LogP contribution in [0.4, 0.5) is 0 Å². The predicted octanol–water partition coefficient (Wildman–Crippen LogP) is 3.74. The molecule has 0 fully saturated rings. The van der Waals surface area contributed by atoms with Crippen molar-refractivity contribution in [1.82, 2.24) is 15.6 Å². The van der Waals surface area contributed by atoms with Gasteiger partial charge in [-0.1, -0.05) is 29.3 Å². The van der Waals surface area contributed by atoms with E-state index < -0.39 is 5.91 Å². The summed E-state index contributed by atoms with van der Waals surface area (Å²) in [6.07, 6.45) is 2.91. The zero-order valence-electron chi connectivity index (χ0n) is 11.6. The minimum Gasteiger partial charge on any atom is -0.463 e. The highest BCUT2D eigenvalue weighted by Gasteiger charge is 2.12. The molecule has 0 aliphatic rings. The molecule has 0 aliphatic heterocycles. The van der Waals surface area contributed by atoms with Crippen LogP contribution < -0.4 is 5.43 Å². The van der Waals surface area contributed by atoms with Crippen molar-refractivity contribution in [3.63, 3.8) is 0 Å². The number of carbonyl (C=O) groups is 1. The van der Waals surface area contributed by atoms with Gasteiger partial charge in [0, 0.05) is 11.6 Å². The van der Waals surface area contributed by atoms with Gasteiger partial charge in [-0.3, -0.25) is 9.89 Å². The normalized spacial score (nSPS) is 11.0. The fourth-order valence-corrected chi connectivity index (χ4v) is 2.34. The fraction of sp³-hybridized carbons (Fsp3) is 0. The zero-order valence-corrected chi connectivity index (χ0v) is 13.1. The third-order valence-electron chi connectivity index (χ3n) is 2.96. The lowest BCUT2D eigenvalue weighted by Crippen LogP contribution is -2.18. The van der Waals surface area contributed by atoms with E-state index in [9.17, 15) is 4.79 Å². The van der Waals surface area contributed by atoms with Crippen LogP contribution in [0, 0.1) is 0 Å². The molecule has 0 bridgehead atoms. The van der Waals surface area contributed by atoms with Crippen LogP contribution >= 0.6 is 23.2 Å². The van der Waals surface area contributed by atoms with Crippen LogP contribution in [0.15, 0.2) is 52.2 Å². The van der Waals surface area contributed by atoms with Crippen molar-refractivity contribution in [1.29, 1.82) is 0 Å². The van der Waals surface area contributed by atoms with E-state index in [0.29, 0.717) is 27.1 Å². The number of nitrogens with one attached hydrogen (secondary N) is 2. The summed E-state index contributed by atoms with van der Waals surface area (Å²) in [6, 6.07) is 10.1. The minimum atomic E-state index is -0.474. The number of nitrogens with zero attached hydrogens (tertiary/aromatic N) is 2. The third kappa shape index (κ3) is 3.44. The highest BCUT2D eigenvalue weighted by Crippen LogP contribution is 2.22. The monoisotopic (exact) mass is 348 g/mol. The van der Waals surface area contributed by atoms with Gasteiger partial charge >= 0.3 is 0 Å². The van der Waals surface area contributed by atoms with Gasteiger partial charge in [0.15, 0.2) is 11.5 Å². The van der Waals surface area contributed by atoms with E-state index >= 15 is 0 Å². The van der Waals surface area contributed by atoms with Crippen molar-refractivity contribution in [2.24, 2.45) is 5.10 Å². The van der Waals surface area contributed by atoms with Gasteiger partial charge in [-0.25, -0.2) is 5.43 Å². The molecule has 3 aromatic rings. The Balaban J connectivity index is 1.69. The van der Waals surface area contributed by atoms with Crippen LogP contribution in [0.5, 0.6) is 0 Å². The van der Waals surface area contributed by atoms with Gasteiger partial charge in [-0.15, -0.1) is 0 Å². The number of hydrogen-bond acceptors (Lipinski definition) is 4. The number of amides is 1.